The SMILES string of the molecule is COc1cc(NC(=O)c2ccc(OCc3ccccc3)cc2)c(OC)cc1Cl. The van der Waals surface area contributed by atoms with Gasteiger partial charge in [-0.3, -0.25) is 4.79 Å². The van der Waals surface area contributed by atoms with Crippen LogP contribution >= 0.6 is 11.6 Å². The van der Waals surface area contributed by atoms with Crippen molar-refractivity contribution in [1.29, 1.82) is 0 Å². The first kappa shape index (κ1) is 19.6. The molecule has 0 saturated heterocycles. The van der Waals surface area contributed by atoms with Crippen LogP contribution in [0.3, 0.4) is 0 Å². The lowest BCUT2D eigenvalue weighted by atomic mass is 10.2. The van der Waals surface area contributed by atoms with Gasteiger partial charge in [0.05, 0.1) is 24.9 Å². The van der Waals surface area contributed by atoms with Crippen LogP contribution in [0.1, 0.15) is 15.9 Å². The molecule has 3 aromatic carbocycles. The zero-order valence-electron chi connectivity index (χ0n) is 15.6. The standard InChI is InChI=1S/C22H20ClNO4/c1-26-20-13-19(21(27-2)12-18(20)23)24-22(25)16-8-10-17(11-9-16)28-14-15-6-4-3-5-7-15/h3-13H,14H2,1-2H3,(H,24,25). The third-order valence-corrected chi connectivity index (χ3v) is 4.38. The molecule has 0 heterocycles. The molecule has 0 aromatic heterocycles. The minimum Gasteiger partial charge on any atom is -0.495 e. The second kappa shape index (κ2) is 9.15. The minimum absolute atomic E-state index is 0.280. The molecule has 28 heavy (non-hydrogen) atoms. The van der Waals surface area contributed by atoms with Crippen molar-refractivity contribution in [2.24, 2.45) is 0 Å². The second-order valence-electron chi connectivity index (χ2n) is 5.94. The van der Waals surface area contributed by atoms with Crippen LogP contribution in [0, 0.1) is 0 Å². The van der Waals surface area contributed by atoms with Crippen LogP contribution in [0.4, 0.5) is 5.69 Å². The highest BCUT2D eigenvalue weighted by Gasteiger charge is 2.14. The largest absolute Gasteiger partial charge is 0.495 e. The normalized spacial score (nSPS) is 10.2. The molecule has 144 valence electrons. The number of amides is 1. The van der Waals surface area contributed by atoms with Crippen molar-refractivity contribution in [1.82, 2.24) is 0 Å². The zero-order chi connectivity index (χ0) is 19.9. The smallest absolute Gasteiger partial charge is 0.255 e. The van der Waals surface area contributed by atoms with Gasteiger partial charge >= 0.3 is 0 Å². The summed E-state index contributed by atoms with van der Waals surface area (Å²) in [6.07, 6.45) is 0. The lowest BCUT2D eigenvalue weighted by Crippen LogP contribution is -2.12. The van der Waals surface area contributed by atoms with E-state index in [1.807, 2.05) is 30.3 Å². The number of ether oxygens (including phenoxy) is 3. The van der Waals surface area contributed by atoms with Gasteiger partial charge in [0.2, 0.25) is 0 Å². The lowest BCUT2D eigenvalue weighted by molar-refractivity contribution is 0.102. The van der Waals surface area contributed by atoms with Crippen LogP contribution in [0.25, 0.3) is 0 Å². The Bertz CT molecular complexity index is 943. The topological polar surface area (TPSA) is 56.8 Å². The number of carbonyl (C=O) groups is 1. The van der Waals surface area contributed by atoms with Gasteiger partial charge in [-0.25, -0.2) is 0 Å². The molecule has 0 aliphatic carbocycles. The molecule has 0 aliphatic rings. The summed E-state index contributed by atoms with van der Waals surface area (Å²) in [7, 11) is 3.01. The van der Waals surface area contributed by atoms with E-state index < -0.39 is 0 Å². The molecule has 0 aliphatic heterocycles. The van der Waals surface area contributed by atoms with Crippen molar-refractivity contribution in [3.8, 4) is 17.2 Å². The molecule has 3 rings (SSSR count). The number of benzene rings is 3. The van der Waals surface area contributed by atoms with Crippen molar-refractivity contribution in [3.05, 3.63) is 82.9 Å². The Morgan fingerprint density at radius 1 is 0.929 bits per heavy atom. The van der Waals surface area contributed by atoms with E-state index in [0.29, 0.717) is 40.1 Å². The Morgan fingerprint density at radius 2 is 1.61 bits per heavy atom. The van der Waals surface area contributed by atoms with Gasteiger partial charge in [0.1, 0.15) is 23.9 Å². The van der Waals surface area contributed by atoms with Gasteiger partial charge in [-0.05, 0) is 29.8 Å². The first-order valence-electron chi connectivity index (χ1n) is 8.60. The van der Waals surface area contributed by atoms with Gasteiger partial charge in [-0.15, -0.1) is 0 Å². The summed E-state index contributed by atoms with van der Waals surface area (Å²) >= 11 is 6.09. The van der Waals surface area contributed by atoms with E-state index in [1.54, 1.807) is 36.4 Å². The fraction of sp³-hybridized carbons (Fsp3) is 0.136. The highest BCUT2D eigenvalue weighted by Crippen LogP contribution is 2.36. The van der Waals surface area contributed by atoms with Crippen LogP contribution in [0.5, 0.6) is 17.2 Å². The Balaban J connectivity index is 1.68. The predicted molar refractivity (Wildman–Crippen MR) is 110 cm³/mol. The van der Waals surface area contributed by atoms with Crippen LogP contribution in [-0.4, -0.2) is 20.1 Å². The average Bonchev–Trinajstić information content (AvgIpc) is 2.74. The van der Waals surface area contributed by atoms with Gasteiger partial charge in [-0.2, -0.15) is 0 Å². The Morgan fingerprint density at radius 3 is 2.25 bits per heavy atom. The maximum atomic E-state index is 12.6. The number of hydrogen-bond donors (Lipinski definition) is 1. The molecule has 0 radical (unpaired) electrons. The fourth-order valence-corrected chi connectivity index (χ4v) is 2.83. The zero-order valence-corrected chi connectivity index (χ0v) is 16.3. The molecule has 0 unspecified atom stereocenters. The summed E-state index contributed by atoms with van der Waals surface area (Å²) in [6, 6.07) is 20.0. The first-order chi connectivity index (χ1) is 13.6. The van der Waals surface area contributed by atoms with E-state index in [9.17, 15) is 4.79 Å². The molecule has 0 saturated carbocycles. The molecule has 6 heteroatoms. The van der Waals surface area contributed by atoms with Crippen molar-refractivity contribution in [2.45, 2.75) is 6.61 Å². The molecule has 0 atom stereocenters. The van der Waals surface area contributed by atoms with Gasteiger partial charge in [0.15, 0.2) is 0 Å². The monoisotopic (exact) mass is 397 g/mol. The van der Waals surface area contributed by atoms with Crippen LogP contribution in [0.2, 0.25) is 5.02 Å². The van der Waals surface area contributed by atoms with E-state index >= 15 is 0 Å². The van der Waals surface area contributed by atoms with Crippen molar-refractivity contribution < 1.29 is 19.0 Å². The number of halogens is 1. The fourth-order valence-electron chi connectivity index (χ4n) is 2.60. The lowest BCUT2D eigenvalue weighted by Gasteiger charge is -2.13. The van der Waals surface area contributed by atoms with Crippen LogP contribution in [-0.2, 0) is 6.61 Å². The summed E-state index contributed by atoms with van der Waals surface area (Å²) < 4.78 is 16.2. The van der Waals surface area contributed by atoms with Crippen molar-refractivity contribution in [2.75, 3.05) is 19.5 Å². The quantitative estimate of drug-likeness (QED) is 0.596. The van der Waals surface area contributed by atoms with E-state index in [4.69, 9.17) is 25.8 Å². The van der Waals surface area contributed by atoms with Crippen molar-refractivity contribution in [3.63, 3.8) is 0 Å². The maximum absolute atomic E-state index is 12.6. The van der Waals surface area contributed by atoms with Gasteiger partial charge in [0, 0.05) is 17.7 Å². The summed E-state index contributed by atoms with van der Waals surface area (Å²) in [5.74, 6) is 1.30. The Kier molecular flexibility index (Phi) is 6.40. The molecule has 1 amide bonds. The second-order valence-corrected chi connectivity index (χ2v) is 6.35. The van der Waals surface area contributed by atoms with E-state index in [-0.39, 0.29) is 5.91 Å². The van der Waals surface area contributed by atoms with E-state index in [2.05, 4.69) is 5.32 Å². The molecule has 0 fully saturated rings. The van der Waals surface area contributed by atoms with Gasteiger partial charge in [0.25, 0.3) is 5.91 Å². The maximum Gasteiger partial charge on any atom is 0.255 e. The van der Waals surface area contributed by atoms with E-state index in [1.165, 1.54) is 14.2 Å². The number of anilines is 1. The summed E-state index contributed by atoms with van der Waals surface area (Å²) in [5, 5.41) is 3.21. The average molecular weight is 398 g/mol. The summed E-state index contributed by atoms with van der Waals surface area (Å²) in [5.41, 5.74) is 2.04. The number of carbonyl (C=O) groups excluding carboxylic acids is 1. The highest BCUT2D eigenvalue weighted by molar-refractivity contribution is 6.32. The van der Waals surface area contributed by atoms with Crippen LogP contribution < -0.4 is 19.5 Å². The van der Waals surface area contributed by atoms with E-state index in [0.717, 1.165) is 5.56 Å². The molecular formula is C22H20ClNO4. The first-order valence-corrected chi connectivity index (χ1v) is 8.98. The summed E-state index contributed by atoms with van der Waals surface area (Å²) in [4.78, 5) is 12.6. The minimum atomic E-state index is -0.280. The summed E-state index contributed by atoms with van der Waals surface area (Å²) in [6.45, 7) is 0.466. The molecular weight excluding hydrogens is 378 g/mol. The Hall–Kier alpha value is -3.18. The molecule has 1 N–H and O–H groups in total. The number of nitrogens with one attached hydrogen (secondary N) is 1. The third kappa shape index (κ3) is 4.75. The number of methoxy groups -OCH3 is 2. The molecule has 0 bridgehead atoms. The van der Waals surface area contributed by atoms with Crippen LogP contribution in [0.15, 0.2) is 66.7 Å². The van der Waals surface area contributed by atoms with Gasteiger partial charge < -0.3 is 19.5 Å². The number of rotatable bonds is 7. The molecule has 0 spiro atoms. The molecule has 3 aromatic rings. The Labute approximate surface area is 168 Å². The van der Waals surface area contributed by atoms with Gasteiger partial charge in [-0.1, -0.05) is 41.9 Å². The molecule has 5 nitrogen and oxygen atoms in total. The van der Waals surface area contributed by atoms with Crippen molar-refractivity contribution >= 4 is 23.2 Å². The number of hydrogen-bond acceptors (Lipinski definition) is 4. The predicted octanol–water partition coefficient (Wildman–Crippen LogP) is 5.19. The third-order valence-electron chi connectivity index (χ3n) is 4.09. The highest BCUT2D eigenvalue weighted by atomic mass is 35.5.